The summed E-state index contributed by atoms with van der Waals surface area (Å²) in [6.45, 7) is 6.27. The van der Waals surface area contributed by atoms with Crippen LogP contribution >= 0.6 is 0 Å². The molecule has 5 heterocycles. The molecule has 0 radical (unpaired) electrons. The normalized spacial score (nSPS) is 42.7. The minimum Gasteiger partial charge on any atom is -0.481 e. The maximum Gasteiger partial charge on any atom is 0.339 e. The van der Waals surface area contributed by atoms with Gasteiger partial charge in [0.25, 0.3) is 0 Å². The number of carboxylic acids is 1. The van der Waals surface area contributed by atoms with Crippen molar-refractivity contribution in [2.24, 2.45) is 23.7 Å². The first-order chi connectivity index (χ1) is 25.2. The summed E-state index contributed by atoms with van der Waals surface area (Å²) < 4.78 is 49.8. The average molecular weight is 761 g/mol. The molecule has 0 bridgehead atoms. The number of rotatable bonds is 13. The van der Waals surface area contributed by atoms with Crippen LogP contribution in [-0.4, -0.2) is 159 Å². The second-order valence-electron chi connectivity index (χ2n) is 13.0. The number of methoxy groups -OCH3 is 1. The molecule has 53 heavy (non-hydrogen) atoms. The molecule has 3 fully saturated rings. The number of aliphatic hydroxyl groups is 7. The van der Waals surface area contributed by atoms with E-state index in [0.717, 1.165) is 19.6 Å². The van der Waals surface area contributed by atoms with Gasteiger partial charge in [-0.25, -0.2) is 9.59 Å². The molecule has 0 aliphatic carbocycles. The van der Waals surface area contributed by atoms with E-state index in [1.165, 1.54) is 12.2 Å². The summed E-state index contributed by atoms with van der Waals surface area (Å²) in [5, 5.41) is 81.8. The fourth-order valence-electron chi connectivity index (χ4n) is 6.82. The van der Waals surface area contributed by atoms with E-state index in [1.807, 2.05) is 0 Å². The number of fused-ring (bicyclic) bond motifs is 1. The molecule has 20 nitrogen and oxygen atoms in total. The van der Waals surface area contributed by atoms with Crippen molar-refractivity contribution < 1.29 is 97.9 Å². The molecule has 3 saturated heterocycles. The van der Waals surface area contributed by atoms with Crippen molar-refractivity contribution in [3.05, 3.63) is 49.0 Å². The smallest absolute Gasteiger partial charge is 0.339 e. The van der Waals surface area contributed by atoms with Gasteiger partial charge >= 0.3 is 17.9 Å². The molecule has 0 saturated carbocycles. The van der Waals surface area contributed by atoms with E-state index >= 15 is 0 Å². The summed E-state index contributed by atoms with van der Waals surface area (Å²) in [5.41, 5.74) is 0.000686. The van der Waals surface area contributed by atoms with Crippen molar-refractivity contribution in [1.29, 1.82) is 0 Å². The first-order valence-electron chi connectivity index (χ1n) is 16.6. The standard InChI is InChI=1S/C33H44O20/c1-4-12-14(6-20(35)36)16(28(43)45-3)9-47-30(12)53-33-27(42)25(40)23(38)19(50-33)11-46-21-7-15-13(5-2)31(48-10-17(15)29(44)51-21)52-32-26(41)24(39)22(37)18(8-34)49-32/h4-5,9-10,12-15,18-19,21-27,30-34,37-42H,1-2,6-8,11H2,3H3,(H,35,36)/t12-,13-,14-,15-,18-,19+,21-,22-,23+,24+,25-,26-,27+,30+,31+,32+,33-/m0/s1. The van der Waals surface area contributed by atoms with E-state index in [9.17, 15) is 55.2 Å². The monoisotopic (exact) mass is 760 g/mol. The molecule has 0 aromatic rings. The highest BCUT2D eigenvalue weighted by Gasteiger charge is 2.51. The maximum atomic E-state index is 13.0. The zero-order valence-electron chi connectivity index (χ0n) is 28.3. The van der Waals surface area contributed by atoms with Crippen LogP contribution in [0, 0.1) is 23.7 Å². The number of carbonyl (C=O) groups is 3. The van der Waals surface area contributed by atoms with E-state index in [2.05, 4.69) is 13.2 Å². The molecule has 0 aromatic carbocycles. The molecule has 8 N–H and O–H groups in total. The fraction of sp³-hybridized carbons (Fsp3) is 0.667. The van der Waals surface area contributed by atoms with Crippen LogP contribution in [-0.2, 0) is 57.0 Å². The van der Waals surface area contributed by atoms with Crippen LogP contribution in [0.4, 0.5) is 0 Å². The highest BCUT2D eigenvalue weighted by atomic mass is 16.8. The van der Waals surface area contributed by atoms with Crippen molar-refractivity contribution in [3.8, 4) is 0 Å². The Balaban J connectivity index is 1.24. The zero-order valence-corrected chi connectivity index (χ0v) is 28.3. The molecular weight excluding hydrogens is 716 g/mol. The van der Waals surface area contributed by atoms with E-state index < -0.39 is 141 Å². The number of aliphatic carboxylic acids is 1. The average Bonchev–Trinajstić information content (AvgIpc) is 3.14. The molecule has 17 atom stereocenters. The highest BCUT2D eigenvalue weighted by Crippen LogP contribution is 2.41. The van der Waals surface area contributed by atoms with Gasteiger partial charge in [-0.3, -0.25) is 4.79 Å². The number of ether oxygens (including phenoxy) is 9. The Kier molecular flexibility index (Phi) is 13.3. The van der Waals surface area contributed by atoms with Crippen molar-refractivity contribution in [2.75, 3.05) is 20.3 Å². The van der Waals surface area contributed by atoms with Gasteiger partial charge in [0.05, 0.1) is 50.4 Å². The predicted molar refractivity (Wildman–Crippen MR) is 168 cm³/mol. The number of carbonyl (C=O) groups excluding carboxylic acids is 2. The third-order valence-corrected chi connectivity index (χ3v) is 9.80. The summed E-state index contributed by atoms with van der Waals surface area (Å²) in [4.78, 5) is 36.9. The SMILES string of the molecule is C=C[C@@H]1[C@@H](O[C@H]2O[C@@H](CO)[C@H](O)[C@@H](O)[C@@H]2O)OC=C2C(=O)O[C@H](OC[C@H]3O[C@@H](O[C@H]4OC=C(C(=O)OC)[C@@H](CC(=O)O)[C@@H]4C=C)[C@H](O)[C@@H](O)[C@@H]3O)C[C@H]21. The first kappa shape index (κ1) is 40.7. The Hall–Kier alpha value is -3.51. The first-order valence-corrected chi connectivity index (χ1v) is 16.6. The van der Waals surface area contributed by atoms with Crippen LogP contribution in [0.2, 0.25) is 0 Å². The molecule has 296 valence electrons. The number of hydrogen-bond acceptors (Lipinski definition) is 19. The molecule has 5 aliphatic rings. The Morgan fingerprint density at radius 2 is 1.40 bits per heavy atom. The largest absolute Gasteiger partial charge is 0.481 e. The fourth-order valence-corrected chi connectivity index (χ4v) is 6.82. The topological polar surface area (TPSA) is 296 Å². The van der Waals surface area contributed by atoms with Gasteiger partial charge in [-0.1, -0.05) is 12.2 Å². The van der Waals surface area contributed by atoms with Gasteiger partial charge in [0.2, 0.25) is 18.9 Å². The zero-order chi connectivity index (χ0) is 38.7. The van der Waals surface area contributed by atoms with Crippen LogP contribution in [0.3, 0.4) is 0 Å². The lowest BCUT2D eigenvalue weighted by Crippen LogP contribution is -2.60. The Morgan fingerprint density at radius 3 is 1.96 bits per heavy atom. The lowest BCUT2D eigenvalue weighted by Gasteiger charge is -2.44. The van der Waals surface area contributed by atoms with Crippen molar-refractivity contribution in [2.45, 2.75) is 93.1 Å². The highest BCUT2D eigenvalue weighted by molar-refractivity contribution is 5.90. The second kappa shape index (κ2) is 17.3. The van der Waals surface area contributed by atoms with Gasteiger partial charge in [0, 0.05) is 30.1 Å². The van der Waals surface area contributed by atoms with Gasteiger partial charge in [0.1, 0.15) is 48.8 Å². The minimum absolute atomic E-state index is 0.0170. The Morgan fingerprint density at radius 1 is 0.830 bits per heavy atom. The summed E-state index contributed by atoms with van der Waals surface area (Å²) >= 11 is 0. The van der Waals surface area contributed by atoms with Gasteiger partial charge in [-0.15, -0.1) is 13.2 Å². The molecule has 0 aromatic heterocycles. The lowest BCUT2D eigenvalue weighted by molar-refractivity contribution is -0.345. The number of esters is 2. The van der Waals surface area contributed by atoms with E-state index in [4.69, 9.17) is 42.6 Å². The van der Waals surface area contributed by atoms with Gasteiger partial charge in [-0.2, -0.15) is 0 Å². The summed E-state index contributed by atoms with van der Waals surface area (Å²) in [5.74, 6) is -6.40. The number of carboxylic acid groups (broad SMARTS) is 1. The molecular formula is C33H44O20. The summed E-state index contributed by atoms with van der Waals surface area (Å²) in [7, 11) is 1.11. The van der Waals surface area contributed by atoms with Gasteiger partial charge in [0.15, 0.2) is 12.6 Å². The van der Waals surface area contributed by atoms with E-state index in [1.54, 1.807) is 0 Å². The molecule has 0 amide bonds. The van der Waals surface area contributed by atoms with Crippen LogP contribution in [0.15, 0.2) is 49.0 Å². The summed E-state index contributed by atoms with van der Waals surface area (Å²) in [6, 6.07) is 0. The van der Waals surface area contributed by atoms with Crippen LogP contribution < -0.4 is 0 Å². The number of aliphatic hydroxyl groups excluding tert-OH is 7. The number of hydrogen-bond donors (Lipinski definition) is 8. The molecule has 5 aliphatic heterocycles. The molecule has 0 unspecified atom stereocenters. The maximum absolute atomic E-state index is 13.0. The van der Waals surface area contributed by atoms with E-state index in [-0.39, 0.29) is 17.6 Å². The van der Waals surface area contributed by atoms with E-state index in [0.29, 0.717) is 0 Å². The second-order valence-corrected chi connectivity index (χ2v) is 13.0. The van der Waals surface area contributed by atoms with Crippen LogP contribution in [0.1, 0.15) is 12.8 Å². The van der Waals surface area contributed by atoms with Crippen LogP contribution in [0.5, 0.6) is 0 Å². The van der Waals surface area contributed by atoms with Crippen molar-refractivity contribution in [1.82, 2.24) is 0 Å². The van der Waals surface area contributed by atoms with Gasteiger partial charge < -0.3 is 83.5 Å². The summed E-state index contributed by atoms with van der Waals surface area (Å²) in [6.07, 6.45) is -16.0. The van der Waals surface area contributed by atoms with Crippen molar-refractivity contribution in [3.63, 3.8) is 0 Å². The predicted octanol–water partition coefficient (Wildman–Crippen LogP) is -3.12. The minimum atomic E-state index is -1.84. The molecule has 0 spiro atoms. The Bertz CT molecular complexity index is 1410. The van der Waals surface area contributed by atoms with Crippen LogP contribution in [0.25, 0.3) is 0 Å². The molecule has 5 rings (SSSR count). The third kappa shape index (κ3) is 8.43. The quantitative estimate of drug-likeness (QED) is 0.0680. The van der Waals surface area contributed by atoms with Crippen molar-refractivity contribution >= 4 is 17.9 Å². The number of cyclic esters (lactones) is 1. The third-order valence-electron chi connectivity index (χ3n) is 9.80. The Labute approximate surface area is 301 Å². The molecule has 20 heteroatoms. The lowest BCUT2D eigenvalue weighted by atomic mass is 9.80. The van der Waals surface area contributed by atoms with Gasteiger partial charge in [-0.05, 0) is 0 Å².